The Kier molecular flexibility index (Phi) is 8.97. The summed E-state index contributed by atoms with van der Waals surface area (Å²) < 4.78 is 79.1. The number of hydrogen-bond donors (Lipinski definition) is 3. The number of benzene rings is 2. The number of hydrogen-bond acceptors (Lipinski definition) is 6. The molecule has 40 heavy (non-hydrogen) atoms. The predicted octanol–water partition coefficient (Wildman–Crippen LogP) is 4.47. The van der Waals surface area contributed by atoms with Crippen molar-refractivity contribution in [3.05, 3.63) is 54.0 Å². The molecular formula is C28H32F4N4O3S. The lowest BCUT2D eigenvalue weighted by molar-refractivity contribution is -0.140. The van der Waals surface area contributed by atoms with Gasteiger partial charge in [-0.1, -0.05) is 12.0 Å². The van der Waals surface area contributed by atoms with Crippen LogP contribution in [0.5, 0.6) is 0 Å². The summed E-state index contributed by atoms with van der Waals surface area (Å²) in [5.74, 6) is 4.75. The molecule has 2 heterocycles. The molecule has 1 aliphatic heterocycles. The molecule has 3 aromatic rings. The van der Waals surface area contributed by atoms with Crippen LogP contribution in [0.4, 0.5) is 28.9 Å². The first-order valence-electron chi connectivity index (χ1n) is 12.9. The maximum Gasteiger partial charge on any atom is 0.406 e. The minimum Gasteiger partial charge on any atom is -0.392 e. The maximum atomic E-state index is 14.3. The third-order valence-electron chi connectivity index (χ3n) is 6.71. The van der Waals surface area contributed by atoms with Gasteiger partial charge in [0.15, 0.2) is 9.84 Å². The summed E-state index contributed by atoms with van der Waals surface area (Å²) in [6.45, 7) is 2.71. The van der Waals surface area contributed by atoms with Crippen molar-refractivity contribution < 1.29 is 31.1 Å². The van der Waals surface area contributed by atoms with Crippen molar-refractivity contribution in [3.63, 3.8) is 0 Å². The van der Waals surface area contributed by atoms with Gasteiger partial charge in [-0.05, 0) is 62.1 Å². The Hall–Kier alpha value is -3.27. The van der Waals surface area contributed by atoms with Gasteiger partial charge in [-0.15, -0.1) is 0 Å². The third kappa shape index (κ3) is 7.68. The van der Waals surface area contributed by atoms with Gasteiger partial charge in [0.2, 0.25) is 0 Å². The number of fused-ring (bicyclic) bond motifs is 1. The van der Waals surface area contributed by atoms with Gasteiger partial charge in [0.1, 0.15) is 12.4 Å². The maximum absolute atomic E-state index is 14.3. The molecule has 0 saturated carbocycles. The summed E-state index contributed by atoms with van der Waals surface area (Å²) in [6.07, 6.45) is -2.21. The van der Waals surface area contributed by atoms with Crippen molar-refractivity contribution in [2.75, 3.05) is 43.1 Å². The lowest BCUT2D eigenvalue weighted by Crippen LogP contribution is -2.41. The molecular weight excluding hydrogens is 548 g/mol. The van der Waals surface area contributed by atoms with E-state index in [4.69, 9.17) is 0 Å². The molecule has 1 aromatic heterocycles. The van der Waals surface area contributed by atoms with Gasteiger partial charge in [-0.2, -0.15) is 13.2 Å². The summed E-state index contributed by atoms with van der Waals surface area (Å²) in [6, 6.07) is 10.4. The van der Waals surface area contributed by atoms with Crippen molar-refractivity contribution >= 4 is 32.1 Å². The Morgan fingerprint density at radius 1 is 1.12 bits per heavy atom. The van der Waals surface area contributed by atoms with E-state index >= 15 is 0 Å². The molecule has 1 aliphatic rings. The Morgan fingerprint density at radius 2 is 1.85 bits per heavy atom. The van der Waals surface area contributed by atoms with Crippen LogP contribution in [-0.2, 0) is 16.4 Å². The molecule has 1 fully saturated rings. The second-order valence-electron chi connectivity index (χ2n) is 10.1. The number of sulfone groups is 1. The first-order valence-corrected chi connectivity index (χ1v) is 14.8. The monoisotopic (exact) mass is 580 g/mol. The zero-order valence-electron chi connectivity index (χ0n) is 22.2. The normalized spacial score (nSPS) is 16.0. The van der Waals surface area contributed by atoms with Gasteiger partial charge < -0.3 is 25.2 Å². The summed E-state index contributed by atoms with van der Waals surface area (Å²) in [7, 11) is -3.56. The van der Waals surface area contributed by atoms with Gasteiger partial charge in [-0.3, -0.25) is 0 Å². The first kappa shape index (κ1) is 29.7. The minimum absolute atomic E-state index is 0.0310. The van der Waals surface area contributed by atoms with Crippen LogP contribution in [0.25, 0.3) is 10.9 Å². The zero-order chi connectivity index (χ0) is 29.1. The van der Waals surface area contributed by atoms with E-state index in [2.05, 4.69) is 27.4 Å². The Bertz CT molecular complexity index is 1520. The van der Waals surface area contributed by atoms with Crippen LogP contribution in [0, 0.1) is 17.7 Å². The fourth-order valence-electron chi connectivity index (χ4n) is 4.86. The number of aliphatic hydroxyl groups is 1. The Labute approximate surface area is 231 Å². The molecule has 4 rings (SSSR count). The topological polar surface area (TPSA) is 86.6 Å². The van der Waals surface area contributed by atoms with Crippen molar-refractivity contribution in [2.24, 2.45) is 0 Å². The Balaban J connectivity index is 1.54. The van der Waals surface area contributed by atoms with Crippen LogP contribution in [-0.4, -0.2) is 73.7 Å². The number of anilines is 2. The van der Waals surface area contributed by atoms with E-state index in [0.717, 1.165) is 48.5 Å². The smallest absolute Gasteiger partial charge is 0.392 e. The minimum atomic E-state index is -4.47. The number of piperidine rings is 1. The van der Waals surface area contributed by atoms with E-state index in [1.54, 1.807) is 25.1 Å². The number of aliphatic hydroxyl groups excluding tert-OH is 1. The molecule has 0 radical (unpaired) electrons. The molecule has 0 bridgehead atoms. The third-order valence-corrected chi connectivity index (χ3v) is 7.82. The highest BCUT2D eigenvalue weighted by atomic mass is 32.2. The van der Waals surface area contributed by atoms with Gasteiger partial charge in [-0.25, -0.2) is 12.8 Å². The molecule has 0 amide bonds. The number of aromatic nitrogens is 1. The lowest BCUT2D eigenvalue weighted by atomic mass is 10.0. The molecule has 2 aromatic carbocycles. The highest BCUT2D eigenvalue weighted by Crippen LogP contribution is 2.31. The van der Waals surface area contributed by atoms with Crippen molar-refractivity contribution in [1.82, 2.24) is 9.47 Å². The molecule has 1 atom stereocenters. The second-order valence-corrected chi connectivity index (χ2v) is 12.1. The van der Waals surface area contributed by atoms with E-state index in [-0.39, 0.29) is 28.9 Å². The number of nitrogens with one attached hydrogen (secondary N) is 2. The summed E-state index contributed by atoms with van der Waals surface area (Å²) in [5.41, 5.74) is 1.32. The standard InChI is InChI=1S/C28H32F4N4O3S/c1-19(37)17-35-13-10-20(11-14-35)34-25-6-3-7-27-23(25)15-21(36(27)18-28(30,31)32)5-4-12-33-26-9-8-22(16-24(26)29)40(2,38)39/h3,6-9,15-16,19-20,33-34,37H,10-14,17-18H2,1-2H3. The van der Waals surface area contributed by atoms with Gasteiger partial charge in [0.05, 0.1) is 34.4 Å². The van der Waals surface area contributed by atoms with Crippen LogP contribution in [0.1, 0.15) is 25.5 Å². The molecule has 1 unspecified atom stereocenters. The first-order chi connectivity index (χ1) is 18.8. The number of halogens is 4. The molecule has 1 saturated heterocycles. The van der Waals surface area contributed by atoms with E-state index < -0.39 is 34.5 Å². The molecule has 3 N–H and O–H groups in total. The van der Waals surface area contributed by atoms with Crippen LogP contribution >= 0.6 is 0 Å². The van der Waals surface area contributed by atoms with E-state index in [1.165, 1.54) is 12.1 Å². The number of likely N-dealkylation sites (tertiary alicyclic amines) is 1. The van der Waals surface area contributed by atoms with Gasteiger partial charge >= 0.3 is 6.18 Å². The molecule has 0 aliphatic carbocycles. The SMILES string of the molecule is CC(O)CN1CCC(Nc2cccc3c2cc(C#CCNc2ccc(S(C)(=O)=O)cc2F)n3CC(F)(F)F)CC1. The average molecular weight is 581 g/mol. The molecule has 0 spiro atoms. The van der Waals surface area contributed by atoms with Gasteiger partial charge in [0, 0.05) is 43.0 Å². The largest absolute Gasteiger partial charge is 0.406 e. The number of alkyl halides is 3. The van der Waals surface area contributed by atoms with E-state index in [1.807, 2.05) is 6.07 Å². The van der Waals surface area contributed by atoms with Crippen LogP contribution in [0.2, 0.25) is 0 Å². The summed E-state index contributed by atoms with van der Waals surface area (Å²) in [5, 5.41) is 16.5. The quantitative estimate of drug-likeness (QED) is 0.269. The summed E-state index contributed by atoms with van der Waals surface area (Å²) in [4.78, 5) is 2.03. The Morgan fingerprint density at radius 3 is 2.48 bits per heavy atom. The molecule has 12 heteroatoms. The fraction of sp³-hybridized carbons (Fsp3) is 0.429. The highest BCUT2D eigenvalue weighted by Gasteiger charge is 2.30. The van der Waals surface area contributed by atoms with Crippen LogP contribution in [0.15, 0.2) is 47.4 Å². The number of rotatable bonds is 8. The highest BCUT2D eigenvalue weighted by molar-refractivity contribution is 7.90. The summed E-state index contributed by atoms with van der Waals surface area (Å²) >= 11 is 0. The molecule has 216 valence electrons. The van der Waals surface area contributed by atoms with Crippen molar-refractivity contribution in [3.8, 4) is 11.8 Å². The second kappa shape index (κ2) is 12.1. The van der Waals surface area contributed by atoms with E-state index in [0.29, 0.717) is 17.4 Å². The number of β-amino-alcohol motifs (C(OH)–C–C–N with tert-alkyl or cyclic N) is 1. The fourth-order valence-corrected chi connectivity index (χ4v) is 5.49. The average Bonchev–Trinajstić information content (AvgIpc) is 3.19. The van der Waals surface area contributed by atoms with Crippen LogP contribution < -0.4 is 10.6 Å². The lowest BCUT2D eigenvalue weighted by Gasteiger charge is -2.33. The predicted molar refractivity (Wildman–Crippen MR) is 148 cm³/mol. The van der Waals surface area contributed by atoms with Gasteiger partial charge in [0.25, 0.3) is 0 Å². The van der Waals surface area contributed by atoms with E-state index in [9.17, 15) is 31.1 Å². The zero-order valence-corrected chi connectivity index (χ0v) is 23.0. The number of nitrogens with zero attached hydrogens (tertiary/aromatic N) is 2. The molecule has 7 nitrogen and oxygen atoms in total. The van der Waals surface area contributed by atoms with Crippen LogP contribution in [0.3, 0.4) is 0 Å². The van der Waals surface area contributed by atoms with Crippen molar-refractivity contribution in [1.29, 1.82) is 0 Å². The van der Waals surface area contributed by atoms with Crippen molar-refractivity contribution in [2.45, 2.75) is 49.5 Å².